The third kappa shape index (κ3) is 2.22. The predicted octanol–water partition coefficient (Wildman–Crippen LogP) is 2.78. The fourth-order valence-corrected chi connectivity index (χ4v) is 2.77. The molecule has 0 amide bonds. The standard InChI is InChI=1S/C18F4N6O2/c1-25-16(26-2)18-28-13-9(20)7-6(11(22)15(13)30-18)8(19)12-14(10(7)21)29-17(27-12)5(3-23)4-24. The highest BCUT2D eigenvalue weighted by molar-refractivity contribution is 6.03. The Labute approximate surface area is 161 Å². The van der Waals surface area contributed by atoms with Crippen molar-refractivity contribution in [2.24, 2.45) is 0 Å². The van der Waals surface area contributed by atoms with Crippen molar-refractivity contribution in [3.63, 3.8) is 0 Å². The minimum Gasteiger partial charge on any atom is -0.437 e. The number of halogens is 4. The van der Waals surface area contributed by atoms with Gasteiger partial charge in [0, 0.05) is 0 Å². The second kappa shape index (κ2) is 6.30. The summed E-state index contributed by atoms with van der Waals surface area (Å²) in [4.78, 5) is 12.6. The van der Waals surface area contributed by atoms with E-state index >= 15 is 0 Å². The normalized spacial score (nSPS) is 10.5. The van der Waals surface area contributed by atoms with E-state index in [4.69, 9.17) is 32.5 Å². The lowest BCUT2D eigenvalue weighted by molar-refractivity contribution is 0.521. The lowest BCUT2D eigenvalue weighted by Gasteiger charge is -2.05. The summed E-state index contributed by atoms with van der Waals surface area (Å²) in [5, 5.41) is 15.3. The highest BCUT2D eigenvalue weighted by Gasteiger charge is 2.30. The molecule has 12 heteroatoms. The van der Waals surface area contributed by atoms with Gasteiger partial charge in [0.05, 0.1) is 10.8 Å². The molecule has 2 aromatic carbocycles. The van der Waals surface area contributed by atoms with Gasteiger partial charge >= 0.3 is 11.4 Å². The Hall–Kier alpha value is -4.94. The van der Waals surface area contributed by atoms with Crippen LogP contribution in [-0.2, 0) is 0 Å². The third-order valence-electron chi connectivity index (χ3n) is 4.04. The monoisotopic (exact) mass is 408 g/mol. The first kappa shape index (κ1) is 18.4. The van der Waals surface area contributed by atoms with E-state index in [2.05, 4.69) is 19.7 Å². The van der Waals surface area contributed by atoms with E-state index in [0.717, 1.165) is 0 Å². The van der Waals surface area contributed by atoms with Crippen LogP contribution in [0.25, 0.3) is 54.1 Å². The first-order valence-corrected chi connectivity index (χ1v) is 7.56. The van der Waals surface area contributed by atoms with E-state index in [1.54, 1.807) is 0 Å². The van der Waals surface area contributed by atoms with E-state index in [1.165, 1.54) is 12.1 Å². The number of nitriles is 2. The van der Waals surface area contributed by atoms with Gasteiger partial charge in [0.15, 0.2) is 40.0 Å². The molecule has 2 heterocycles. The van der Waals surface area contributed by atoms with Gasteiger partial charge in [-0.05, 0) is 0 Å². The molecule has 0 aliphatic rings. The van der Waals surface area contributed by atoms with Gasteiger partial charge in [-0.15, -0.1) is 9.69 Å². The summed E-state index contributed by atoms with van der Waals surface area (Å²) in [5.41, 5.74) is -5.83. The number of hydrogen-bond donors (Lipinski definition) is 0. The van der Waals surface area contributed by atoms with E-state index < -0.39 is 78.7 Å². The molecule has 4 aromatic rings. The van der Waals surface area contributed by atoms with Gasteiger partial charge in [-0.2, -0.15) is 10.5 Å². The van der Waals surface area contributed by atoms with Crippen LogP contribution in [0.2, 0.25) is 0 Å². The van der Waals surface area contributed by atoms with Crippen LogP contribution in [0.5, 0.6) is 0 Å². The lowest BCUT2D eigenvalue weighted by Crippen LogP contribution is -2.03. The molecule has 142 valence electrons. The Kier molecular flexibility index (Phi) is 3.87. The molecular formula is C18F4N6O2. The molecule has 0 radical (unpaired) electrons. The van der Waals surface area contributed by atoms with Crippen LogP contribution < -0.4 is 11.1 Å². The molecule has 0 aliphatic carbocycles. The van der Waals surface area contributed by atoms with Crippen LogP contribution in [0, 0.1) is 59.1 Å². The molecule has 0 atom stereocenters. The number of rotatable bonds is 0. The highest BCUT2D eigenvalue weighted by Crippen LogP contribution is 2.36. The summed E-state index contributed by atoms with van der Waals surface area (Å²) in [5.74, 6) is -6.93. The molecule has 2 aromatic heterocycles. The average molecular weight is 408 g/mol. The summed E-state index contributed by atoms with van der Waals surface area (Å²) in [6.07, 6.45) is 0. The van der Waals surface area contributed by atoms with Gasteiger partial charge in [-0.25, -0.2) is 27.5 Å². The highest BCUT2D eigenvalue weighted by atomic mass is 19.1. The van der Waals surface area contributed by atoms with E-state index in [1.807, 2.05) is 0 Å². The molecule has 0 fully saturated rings. The van der Waals surface area contributed by atoms with Gasteiger partial charge in [0.2, 0.25) is 5.55 Å². The first-order chi connectivity index (χ1) is 14.4. The van der Waals surface area contributed by atoms with Gasteiger partial charge in [-0.3, -0.25) is 0 Å². The number of aromatic nitrogens is 2. The Morgan fingerprint density at radius 1 is 0.767 bits per heavy atom. The van der Waals surface area contributed by atoms with Crippen LogP contribution in [0.1, 0.15) is 0 Å². The minimum absolute atomic E-state index is 0.712. The largest absolute Gasteiger partial charge is 0.582 e. The maximum Gasteiger partial charge on any atom is 0.582 e. The molecule has 0 saturated heterocycles. The molecule has 30 heavy (non-hydrogen) atoms. The van der Waals surface area contributed by atoms with Crippen molar-refractivity contribution >= 4 is 44.4 Å². The van der Waals surface area contributed by atoms with Gasteiger partial charge in [-0.1, -0.05) is 0 Å². The number of benzene rings is 2. The summed E-state index contributed by atoms with van der Waals surface area (Å²) in [6, 6.07) is 2.83. The Morgan fingerprint density at radius 2 is 1.20 bits per heavy atom. The van der Waals surface area contributed by atoms with Crippen molar-refractivity contribution in [1.29, 1.82) is 10.5 Å². The van der Waals surface area contributed by atoms with Crippen molar-refractivity contribution in [2.75, 3.05) is 0 Å². The van der Waals surface area contributed by atoms with Crippen LogP contribution in [0.4, 0.5) is 17.6 Å². The Balaban J connectivity index is 2.32. The first-order valence-electron chi connectivity index (χ1n) is 7.56. The number of nitrogens with zero attached hydrogens (tertiary/aromatic N) is 6. The van der Waals surface area contributed by atoms with Crippen molar-refractivity contribution in [3.8, 4) is 12.1 Å². The molecule has 0 unspecified atom stereocenters. The molecule has 0 aliphatic heterocycles. The van der Waals surface area contributed by atoms with Gasteiger partial charge < -0.3 is 8.83 Å². The molecule has 4 rings (SSSR count). The van der Waals surface area contributed by atoms with Gasteiger partial charge in [0.25, 0.3) is 0 Å². The second-order valence-corrected chi connectivity index (χ2v) is 5.55. The Morgan fingerprint density at radius 3 is 1.63 bits per heavy atom. The fraction of sp³-hybridized carbons (Fsp3) is 0. The predicted molar refractivity (Wildman–Crippen MR) is 89.4 cm³/mol. The second-order valence-electron chi connectivity index (χ2n) is 5.55. The zero-order chi connectivity index (χ0) is 21.7. The number of oxazole rings is 2. The van der Waals surface area contributed by atoms with Crippen molar-refractivity contribution in [2.45, 2.75) is 0 Å². The Bertz CT molecular complexity index is 1490. The summed E-state index contributed by atoms with van der Waals surface area (Å²) in [7, 11) is 0. The van der Waals surface area contributed by atoms with Crippen LogP contribution in [-0.4, -0.2) is 9.97 Å². The maximum absolute atomic E-state index is 15.0. The van der Waals surface area contributed by atoms with Crippen molar-refractivity contribution in [3.05, 3.63) is 57.2 Å². The van der Waals surface area contributed by atoms with Gasteiger partial charge in [0.1, 0.15) is 36.3 Å². The van der Waals surface area contributed by atoms with E-state index in [9.17, 15) is 17.6 Å². The third-order valence-corrected chi connectivity index (χ3v) is 4.04. The van der Waals surface area contributed by atoms with Crippen LogP contribution >= 0.6 is 0 Å². The summed E-state index contributed by atoms with van der Waals surface area (Å²) >= 11 is 0. The summed E-state index contributed by atoms with van der Waals surface area (Å²) in [6.45, 7) is 13.7. The lowest BCUT2D eigenvalue weighted by atomic mass is 10.1. The van der Waals surface area contributed by atoms with E-state index in [-0.39, 0.29) is 0 Å². The number of hydrogen-bond acceptors (Lipinski definition) is 6. The smallest absolute Gasteiger partial charge is 0.437 e. The zero-order valence-corrected chi connectivity index (χ0v) is 14.0. The topological polar surface area (TPSA) is 108 Å². The van der Waals surface area contributed by atoms with Crippen molar-refractivity contribution < 1.29 is 26.4 Å². The molecule has 0 bridgehead atoms. The number of fused-ring (bicyclic) bond motifs is 3. The SMILES string of the molecule is [C-]#[N+]C([N+]#[C-])=c1nc2c(F)c3c(F)c4oc(=C(C#N)C#N)nc4c(F)c3c(F)c2o1. The average Bonchev–Trinajstić information content (AvgIpc) is 3.37. The molecule has 0 spiro atoms. The molecule has 0 N–H and O–H groups in total. The molecule has 0 saturated carbocycles. The summed E-state index contributed by atoms with van der Waals surface area (Å²) < 4.78 is 69.6. The van der Waals surface area contributed by atoms with E-state index in [0.29, 0.717) is 0 Å². The molecule has 8 nitrogen and oxygen atoms in total. The van der Waals surface area contributed by atoms with Crippen molar-refractivity contribution in [1.82, 2.24) is 9.97 Å². The van der Waals surface area contributed by atoms with Crippen LogP contribution in [0.3, 0.4) is 0 Å². The molecular weight excluding hydrogens is 408 g/mol. The van der Waals surface area contributed by atoms with Crippen LogP contribution in [0.15, 0.2) is 8.83 Å². The zero-order valence-electron chi connectivity index (χ0n) is 14.0. The quantitative estimate of drug-likeness (QED) is 0.327. The minimum atomic E-state index is -1.56. The maximum atomic E-state index is 15.0. The fourth-order valence-electron chi connectivity index (χ4n) is 2.77.